The van der Waals surface area contributed by atoms with Crippen molar-refractivity contribution in [3.8, 4) is 0 Å². The number of primary amides is 1. The molecule has 3 aromatic rings. The number of nitrogens with two attached hydrogens (primary N) is 1. The van der Waals surface area contributed by atoms with Gasteiger partial charge < -0.3 is 16.4 Å². The van der Waals surface area contributed by atoms with Crippen LogP contribution in [0, 0.1) is 6.92 Å². The van der Waals surface area contributed by atoms with E-state index in [2.05, 4.69) is 39.7 Å². The molecule has 6 heteroatoms. The van der Waals surface area contributed by atoms with Crippen LogP contribution in [0.2, 0.25) is 0 Å². The predicted molar refractivity (Wildman–Crippen MR) is 109 cm³/mol. The van der Waals surface area contributed by atoms with Crippen molar-refractivity contribution in [2.75, 3.05) is 18.4 Å². The smallest absolute Gasteiger partial charge is 0.250 e. The number of anilines is 1. The summed E-state index contributed by atoms with van der Waals surface area (Å²) in [5, 5.41) is 7.61. The lowest BCUT2D eigenvalue weighted by Crippen LogP contribution is -2.38. The second kappa shape index (κ2) is 9.09. The van der Waals surface area contributed by atoms with E-state index < -0.39 is 5.91 Å². The molecule has 4 N–H and O–H groups in total. The summed E-state index contributed by atoms with van der Waals surface area (Å²) in [6, 6.07) is 16.0. The van der Waals surface area contributed by atoms with Gasteiger partial charge in [0.15, 0.2) is 0 Å². The van der Waals surface area contributed by atoms with Crippen LogP contribution >= 0.6 is 0 Å². The molecule has 1 aliphatic rings. The Morgan fingerprint density at radius 2 is 1.96 bits per heavy atom. The quantitative estimate of drug-likeness (QED) is 0.665. The van der Waals surface area contributed by atoms with Crippen molar-refractivity contribution in [1.29, 1.82) is 0 Å². The number of nitrogens with zero attached hydrogens (tertiary/aromatic N) is 2. The zero-order valence-electron chi connectivity index (χ0n) is 15.5. The van der Waals surface area contributed by atoms with E-state index in [4.69, 9.17) is 5.73 Å². The summed E-state index contributed by atoms with van der Waals surface area (Å²) in [5.74, 6) is 0.284. The maximum absolute atomic E-state index is 11.4. The van der Waals surface area contributed by atoms with Gasteiger partial charge in [-0.05, 0) is 38.4 Å². The Morgan fingerprint density at radius 3 is 2.59 bits per heavy atom. The van der Waals surface area contributed by atoms with Gasteiger partial charge in [-0.25, -0.2) is 9.97 Å². The molecule has 1 amide bonds. The van der Waals surface area contributed by atoms with Crippen LogP contribution in [-0.2, 0) is 0 Å². The van der Waals surface area contributed by atoms with Crippen LogP contribution in [0.15, 0.2) is 54.9 Å². The lowest BCUT2D eigenvalue weighted by atomic mass is 10.1. The largest absolute Gasteiger partial charge is 0.366 e. The highest BCUT2D eigenvalue weighted by atomic mass is 16.1. The Kier molecular flexibility index (Phi) is 6.33. The van der Waals surface area contributed by atoms with E-state index in [1.807, 2.05) is 24.3 Å². The summed E-state index contributed by atoms with van der Waals surface area (Å²) in [5.41, 5.74) is 7.73. The van der Waals surface area contributed by atoms with Gasteiger partial charge in [0.1, 0.15) is 12.1 Å². The molecule has 1 saturated heterocycles. The highest BCUT2D eigenvalue weighted by molar-refractivity contribution is 6.06. The van der Waals surface area contributed by atoms with Crippen molar-refractivity contribution in [1.82, 2.24) is 15.3 Å². The zero-order chi connectivity index (χ0) is 19.1. The lowest BCUT2D eigenvalue weighted by molar-refractivity contribution is 0.100. The number of hydrogen-bond donors (Lipinski definition) is 3. The maximum Gasteiger partial charge on any atom is 0.250 e. The molecule has 0 radical (unpaired) electrons. The van der Waals surface area contributed by atoms with E-state index in [-0.39, 0.29) is 0 Å². The summed E-state index contributed by atoms with van der Waals surface area (Å²) < 4.78 is 0. The minimum atomic E-state index is -0.473. The second-order valence-electron chi connectivity index (χ2n) is 6.63. The molecule has 2 aromatic carbocycles. The van der Waals surface area contributed by atoms with Crippen LogP contribution in [-0.4, -0.2) is 35.0 Å². The number of aryl methyl sites for hydroxylation is 1. The third kappa shape index (κ3) is 5.01. The fourth-order valence-corrected chi connectivity index (χ4v) is 3.10. The van der Waals surface area contributed by atoms with E-state index in [0.717, 1.165) is 37.1 Å². The third-order valence-electron chi connectivity index (χ3n) is 4.51. The van der Waals surface area contributed by atoms with Crippen molar-refractivity contribution < 1.29 is 4.79 Å². The molecular weight excluding hydrogens is 338 g/mol. The van der Waals surface area contributed by atoms with E-state index in [1.165, 1.54) is 11.9 Å². The van der Waals surface area contributed by atoms with Crippen LogP contribution in [0.3, 0.4) is 0 Å². The average Bonchev–Trinajstić information content (AvgIpc) is 2.70. The number of piperidine rings is 1. The molecule has 1 atom stereocenters. The number of benzene rings is 2. The number of carbonyl (C=O) groups excluding carboxylic acids is 1. The molecule has 1 unspecified atom stereocenters. The van der Waals surface area contributed by atoms with Crippen molar-refractivity contribution in [2.45, 2.75) is 25.8 Å². The number of para-hydroxylation sites is 1. The first-order valence-corrected chi connectivity index (χ1v) is 9.17. The van der Waals surface area contributed by atoms with Crippen LogP contribution in [0.4, 0.5) is 5.82 Å². The van der Waals surface area contributed by atoms with Crippen molar-refractivity contribution >= 4 is 22.6 Å². The Morgan fingerprint density at radius 1 is 1.15 bits per heavy atom. The Hall–Kier alpha value is -2.99. The molecule has 0 spiro atoms. The zero-order valence-corrected chi connectivity index (χ0v) is 15.5. The minimum Gasteiger partial charge on any atom is -0.366 e. The van der Waals surface area contributed by atoms with Gasteiger partial charge in [0.2, 0.25) is 0 Å². The number of amides is 1. The normalized spacial score (nSPS) is 16.3. The third-order valence-corrected chi connectivity index (χ3v) is 4.51. The van der Waals surface area contributed by atoms with E-state index in [1.54, 1.807) is 12.1 Å². The molecule has 1 fully saturated rings. The first-order chi connectivity index (χ1) is 13.1. The monoisotopic (exact) mass is 363 g/mol. The van der Waals surface area contributed by atoms with Gasteiger partial charge in [-0.2, -0.15) is 0 Å². The predicted octanol–water partition coefficient (Wildman–Crippen LogP) is 2.89. The minimum absolute atomic E-state index is 0.346. The second-order valence-corrected chi connectivity index (χ2v) is 6.63. The number of fused-ring (bicyclic) bond motifs is 1. The molecule has 0 bridgehead atoms. The number of aromatic nitrogens is 2. The SMILES string of the molecule is Cc1ccccc1.NC(=O)c1cccc2c(NC3CCCNC3)ncnc12. The summed E-state index contributed by atoms with van der Waals surface area (Å²) >= 11 is 0. The van der Waals surface area contributed by atoms with E-state index in [0.29, 0.717) is 17.1 Å². The Labute approximate surface area is 159 Å². The highest BCUT2D eigenvalue weighted by Crippen LogP contribution is 2.23. The molecule has 1 aromatic heterocycles. The van der Waals surface area contributed by atoms with Crippen molar-refractivity contribution in [2.24, 2.45) is 5.73 Å². The van der Waals surface area contributed by atoms with Gasteiger partial charge in [0, 0.05) is 18.0 Å². The van der Waals surface area contributed by atoms with Gasteiger partial charge in [-0.1, -0.05) is 42.0 Å². The van der Waals surface area contributed by atoms with E-state index >= 15 is 0 Å². The number of hydrogen-bond acceptors (Lipinski definition) is 5. The summed E-state index contributed by atoms with van der Waals surface area (Å²) in [6.07, 6.45) is 3.72. The van der Waals surface area contributed by atoms with Crippen LogP contribution in [0.5, 0.6) is 0 Å². The summed E-state index contributed by atoms with van der Waals surface area (Å²) in [7, 11) is 0. The van der Waals surface area contributed by atoms with Gasteiger partial charge in [0.25, 0.3) is 5.91 Å². The Bertz CT molecular complexity index is 891. The van der Waals surface area contributed by atoms with Crippen LogP contribution in [0.1, 0.15) is 28.8 Å². The van der Waals surface area contributed by atoms with Gasteiger partial charge in [-0.3, -0.25) is 4.79 Å². The fourth-order valence-electron chi connectivity index (χ4n) is 3.10. The summed E-state index contributed by atoms with van der Waals surface area (Å²) in [4.78, 5) is 19.9. The molecule has 27 heavy (non-hydrogen) atoms. The lowest BCUT2D eigenvalue weighted by Gasteiger charge is -2.24. The molecular formula is C21H25N5O. The molecule has 1 aliphatic heterocycles. The fraction of sp³-hybridized carbons (Fsp3) is 0.286. The van der Waals surface area contributed by atoms with E-state index in [9.17, 15) is 4.79 Å². The van der Waals surface area contributed by atoms with Crippen molar-refractivity contribution in [3.05, 3.63) is 66.0 Å². The molecule has 2 heterocycles. The molecule has 0 saturated carbocycles. The summed E-state index contributed by atoms with van der Waals surface area (Å²) in [6.45, 7) is 4.07. The molecule has 6 nitrogen and oxygen atoms in total. The Balaban J connectivity index is 0.000000253. The molecule has 0 aliphatic carbocycles. The van der Waals surface area contributed by atoms with Gasteiger partial charge >= 0.3 is 0 Å². The number of carbonyl (C=O) groups is 1. The highest BCUT2D eigenvalue weighted by Gasteiger charge is 2.16. The number of nitrogens with one attached hydrogen (secondary N) is 2. The van der Waals surface area contributed by atoms with Gasteiger partial charge in [0.05, 0.1) is 11.1 Å². The van der Waals surface area contributed by atoms with Gasteiger partial charge in [-0.15, -0.1) is 0 Å². The van der Waals surface area contributed by atoms with Crippen molar-refractivity contribution in [3.63, 3.8) is 0 Å². The van der Waals surface area contributed by atoms with Crippen LogP contribution in [0.25, 0.3) is 10.9 Å². The molecule has 140 valence electrons. The molecule has 4 rings (SSSR count). The number of rotatable bonds is 3. The average molecular weight is 363 g/mol. The maximum atomic E-state index is 11.4. The standard InChI is InChI=1S/C14H17N5O.C7H8/c15-13(20)10-4-1-5-11-12(10)17-8-18-14(11)19-9-3-2-6-16-7-9;1-7-5-3-2-4-6-7/h1,4-5,8-9,16H,2-3,6-7H2,(H2,15,20)(H,17,18,19);2-6H,1H3. The first kappa shape index (κ1) is 18.8. The first-order valence-electron chi connectivity index (χ1n) is 9.17. The topological polar surface area (TPSA) is 92.9 Å². The van der Waals surface area contributed by atoms with Crippen LogP contribution < -0.4 is 16.4 Å².